The van der Waals surface area contributed by atoms with Crippen LogP contribution in [-0.4, -0.2) is 70.9 Å². The second-order valence-electron chi connectivity index (χ2n) is 6.31. The number of aromatic nitrogens is 3. The predicted octanol–water partition coefficient (Wildman–Crippen LogP) is 1.19. The normalized spacial score (nSPS) is 17.8. The van der Waals surface area contributed by atoms with Crippen molar-refractivity contribution in [2.45, 2.75) is 13.1 Å². The maximum Gasteiger partial charge on any atom is 0.273 e. The van der Waals surface area contributed by atoms with Crippen molar-refractivity contribution in [1.29, 1.82) is 0 Å². The quantitative estimate of drug-likeness (QED) is 0.733. The van der Waals surface area contributed by atoms with Crippen molar-refractivity contribution in [3.8, 4) is 0 Å². The Kier molecular flexibility index (Phi) is 5.60. The van der Waals surface area contributed by atoms with E-state index in [1.807, 2.05) is 29.7 Å². The van der Waals surface area contributed by atoms with Crippen LogP contribution in [0.15, 0.2) is 23.2 Å². The Morgan fingerprint density at radius 2 is 2.33 bits per heavy atom. The van der Waals surface area contributed by atoms with Gasteiger partial charge in [0, 0.05) is 37.1 Å². The lowest BCUT2D eigenvalue weighted by molar-refractivity contribution is 0.0557. The Balaban J connectivity index is 1.67. The predicted molar refractivity (Wildman–Crippen MR) is 91.9 cm³/mol. The van der Waals surface area contributed by atoms with E-state index in [4.69, 9.17) is 4.74 Å². The van der Waals surface area contributed by atoms with Crippen LogP contribution in [0.3, 0.4) is 0 Å². The topological polar surface area (TPSA) is 63.5 Å². The number of rotatable bonds is 6. The summed E-state index contributed by atoms with van der Waals surface area (Å²) in [6, 6.07) is 1.97. The minimum atomic E-state index is -0.0239. The third-order valence-corrected chi connectivity index (χ3v) is 4.63. The third-order valence-electron chi connectivity index (χ3n) is 4.04. The molecule has 2 aromatic rings. The summed E-state index contributed by atoms with van der Waals surface area (Å²) in [6.45, 7) is 4.18. The first-order valence-electron chi connectivity index (χ1n) is 8.04. The van der Waals surface area contributed by atoms with Crippen molar-refractivity contribution in [3.63, 3.8) is 0 Å². The van der Waals surface area contributed by atoms with Gasteiger partial charge in [0.2, 0.25) is 0 Å². The molecule has 0 aliphatic carbocycles. The van der Waals surface area contributed by atoms with Crippen LogP contribution >= 0.6 is 11.3 Å². The molecule has 3 heterocycles. The summed E-state index contributed by atoms with van der Waals surface area (Å²) in [4.78, 5) is 20.8. The lowest BCUT2D eigenvalue weighted by Crippen LogP contribution is -2.35. The van der Waals surface area contributed by atoms with Crippen molar-refractivity contribution < 1.29 is 9.53 Å². The molecule has 0 saturated heterocycles. The van der Waals surface area contributed by atoms with Crippen LogP contribution in [-0.2, 0) is 17.8 Å². The average molecular weight is 349 g/mol. The number of amides is 1. The number of hydrogen-bond acceptors (Lipinski definition) is 6. The van der Waals surface area contributed by atoms with Crippen LogP contribution in [0, 0.1) is 5.92 Å². The van der Waals surface area contributed by atoms with Crippen LogP contribution < -0.4 is 0 Å². The Labute approximate surface area is 145 Å². The van der Waals surface area contributed by atoms with Gasteiger partial charge in [-0.05, 0) is 20.2 Å². The van der Waals surface area contributed by atoms with Crippen LogP contribution in [0.1, 0.15) is 16.2 Å². The lowest BCUT2D eigenvalue weighted by Gasteiger charge is -2.23. The van der Waals surface area contributed by atoms with E-state index in [-0.39, 0.29) is 11.8 Å². The van der Waals surface area contributed by atoms with Gasteiger partial charge in [-0.1, -0.05) is 0 Å². The van der Waals surface area contributed by atoms with E-state index in [9.17, 15) is 4.79 Å². The van der Waals surface area contributed by atoms with Gasteiger partial charge in [0.05, 0.1) is 31.0 Å². The maximum atomic E-state index is 12.7. The average Bonchev–Trinajstić information content (AvgIpc) is 3.19. The Hall–Kier alpha value is -1.77. The number of likely N-dealkylation sites (N-methyl/N-ethyl adjacent to an activating group) is 1. The molecule has 1 atom stereocenters. The lowest BCUT2D eigenvalue weighted by atomic mass is 10.1. The van der Waals surface area contributed by atoms with Gasteiger partial charge in [-0.15, -0.1) is 11.3 Å². The summed E-state index contributed by atoms with van der Waals surface area (Å²) in [5, 5.41) is 6.18. The zero-order valence-corrected chi connectivity index (χ0v) is 14.9. The fourth-order valence-electron chi connectivity index (χ4n) is 2.77. The number of carbonyl (C=O) groups excluding carboxylic acids is 1. The van der Waals surface area contributed by atoms with Crippen molar-refractivity contribution in [2.75, 3.05) is 40.4 Å². The van der Waals surface area contributed by atoms with Gasteiger partial charge in [-0.3, -0.25) is 9.48 Å². The second-order valence-corrected chi connectivity index (χ2v) is 7.03. The highest BCUT2D eigenvalue weighted by molar-refractivity contribution is 7.07. The Morgan fingerprint density at radius 3 is 3.08 bits per heavy atom. The summed E-state index contributed by atoms with van der Waals surface area (Å²) in [6.07, 6.45) is 1.79. The van der Waals surface area contributed by atoms with Crippen molar-refractivity contribution in [3.05, 3.63) is 34.5 Å². The first kappa shape index (κ1) is 17.1. The molecular weight excluding hydrogens is 326 g/mol. The summed E-state index contributed by atoms with van der Waals surface area (Å²) in [5.41, 5.74) is 3.26. The van der Waals surface area contributed by atoms with E-state index in [1.54, 1.807) is 17.1 Å². The molecule has 0 unspecified atom stereocenters. The highest BCUT2D eigenvalue weighted by Gasteiger charge is 2.27. The summed E-state index contributed by atoms with van der Waals surface area (Å²) < 4.78 is 7.80. The number of thiazole rings is 1. The van der Waals surface area contributed by atoms with Crippen molar-refractivity contribution in [1.82, 2.24) is 24.6 Å². The number of carbonyl (C=O) groups is 1. The molecule has 8 heteroatoms. The summed E-state index contributed by atoms with van der Waals surface area (Å²) in [5.74, 6) is 0.195. The van der Waals surface area contributed by atoms with E-state index in [1.165, 1.54) is 11.3 Å². The number of ether oxygens (including phenoxy) is 1. The van der Waals surface area contributed by atoms with E-state index < -0.39 is 0 Å². The van der Waals surface area contributed by atoms with E-state index >= 15 is 0 Å². The molecule has 0 bridgehead atoms. The SMILES string of the molecule is CN(C)CCOC[C@H]1CN(C(=O)c2cscn2)Cc2ccnn2C1. The molecule has 0 fully saturated rings. The molecule has 3 rings (SSSR count). The van der Waals surface area contributed by atoms with Crippen LogP contribution in [0.2, 0.25) is 0 Å². The molecule has 0 N–H and O–H groups in total. The zero-order chi connectivity index (χ0) is 16.9. The van der Waals surface area contributed by atoms with E-state index in [2.05, 4.69) is 15.0 Å². The van der Waals surface area contributed by atoms with Gasteiger partial charge in [0.15, 0.2) is 0 Å². The van der Waals surface area contributed by atoms with Crippen LogP contribution in [0.5, 0.6) is 0 Å². The number of nitrogens with zero attached hydrogens (tertiary/aromatic N) is 5. The molecule has 0 spiro atoms. The minimum Gasteiger partial charge on any atom is -0.380 e. The van der Waals surface area contributed by atoms with Gasteiger partial charge >= 0.3 is 0 Å². The zero-order valence-electron chi connectivity index (χ0n) is 14.1. The molecule has 2 aromatic heterocycles. The fraction of sp³-hybridized carbons (Fsp3) is 0.562. The highest BCUT2D eigenvalue weighted by atomic mass is 32.1. The Morgan fingerprint density at radius 1 is 1.46 bits per heavy atom. The standard InChI is InChI=1S/C16H23N5O2S/c1-19(2)5-6-23-10-13-7-20(16(22)15-11-24-12-17-15)9-14-3-4-18-21(14)8-13/h3-4,11-13H,5-10H2,1-2H3/t13-/m0/s1. The molecule has 130 valence electrons. The van der Waals surface area contributed by atoms with Crippen molar-refractivity contribution >= 4 is 17.2 Å². The molecule has 0 radical (unpaired) electrons. The number of hydrogen-bond donors (Lipinski definition) is 0. The Bertz CT molecular complexity index is 655. The molecule has 1 aliphatic rings. The molecule has 7 nitrogen and oxygen atoms in total. The monoisotopic (exact) mass is 349 g/mol. The molecule has 1 aliphatic heterocycles. The van der Waals surface area contributed by atoms with Gasteiger partial charge in [0.1, 0.15) is 5.69 Å². The summed E-state index contributed by atoms with van der Waals surface area (Å²) in [7, 11) is 4.05. The highest BCUT2D eigenvalue weighted by Crippen LogP contribution is 2.18. The maximum absolute atomic E-state index is 12.7. The molecule has 1 amide bonds. The smallest absolute Gasteiger partial charge is 0.273 e. The second kappa shape index (κ2) is 7.87. The summed E-state index contributed by atoms with van der Waals surface area (Å²) >= 11 is 1.44. The van der Waals surface area contributed by atoms with Crippen LogP contribution in [0.4, 0.5) is 0 Å². The van der Waals surface area contributed by atoms with Gasteiger partial charge in [-0.25, -0.2) is 4.98 Å². The number of fused-ring (bicyclic) bond motifs is 1. The molecule has 0 aromatic carbocycles. The largest absolute Gasteiger partial charge is 0.380 e. The first-order valence-corrected chi connectivity index (χ1v) is 8.98. The first-order chi connectivity index (χ1) is 11.6. The molecular formula is C16H23N5O2S. The van der Waals surface area contributed by atoms with E-state index in [0.717, 1.165) is 18.8 Å². The van der Waals surface area contributed by atoms with Crippen LogP contribution in [0.25, 0.3) is 0 Å². The van der Waals surface area contributed by atoms with Gasteiger partial charge in [-0.2, -0.15) is 5.10 Å². The van der Waals surface area contributed by atoms with Gasteiger partial charge < -0.3 is 14.5 Å². The molecule has 0 saturated carbocycles. The third kappa shape index (κ3) is 4.19. The molecule has 24 heavy (non-hydrogen) atoms. The minimum absolute atomic E-state index is 0.0239. The van der Waals surface area contributed by atoms with E-state index in [0.29, 0.717) is 32.0 Å². The van der Waals surface area contributed by atoms with Crippen molar-refractivity contribution in [2.24, 2.45) is 5.92 Å². The fourth-order valence-corrected chi connectivity index (χ4v) is 3.30. The van der Waals surface area contributed by atoms with Gasteiger partial charge in [0.25, 0.3) is 5.91 Å².